The fraction of sp³-hybridized carbons (Fsp3) is 0.818. The Kier molecular flexibility index (Phi) is 15.0. The number of unbranched alkanes of at least 4 members (excludes halogenated alkanes) is 9. The third kappa shape index (κ3) is 14.4. The molecule has 0 rings (SSSR count). The van der Waals surface area contributed by atoms with Crippen LogP contribution in [-0.4, -0.2) is 0 Å². The molecule has 0 amide bonds. The molecule has 0 heterocycles. The molecular formula is C22H42. The zero-order valence-electron chi connectivity index (χ0n) is 15.9. The third-order valence-corrected chi connectivity index (χ3v) is 4.79. The molecule has 0 saturated heterocycles. The van der Waals surface area contributed by atoms with E-state index in [1.165, 1.54) is 101 Å². The number of rotatable bonds is 16. The van der Waals surface area contributed by atoms with Gasteiger partial charge in [0.2, 0.25) is 0 Å². The summed E-state index contributed by atoms with van der Waals surface area (Å²) >= 11 is 0. The first kappa shape index (κ1) is 21.5. The molecule has 0 saturated carbocycles. The lowest BCUT2D eigenvalue weighted by Crippen LogP contribution is -1.99. The van der Waals surface area contributed by atoms with Crippen LogP contribution in [0.4, 0.5) is 0 Å². The summed E-state index contributed by atoms with van der Waals surface area (Å²) in [6.07, 6.45) is 19.0. The minimum Gasteiger partial charge on any atom is -0.100 e. The monoisotopic (exact) mass is 306 g/mol. The SMILES string of the molecule is C=C(C)CCCCCCCC(C)C(=C)CCCCCCCC. The van der Waals surface area contributed by atoms with E-state index < -0.39 is 0 Å². The van der Waals surface area contributed by atoms with Gasteiger partial charge in [0.1, 0.15) is 0 Å². The highest BCUT2D eigenvalue weighted by atomic mass is 14.1. The molecule has 0 N–H and O–H groups in total. The predicted molar refractivity (Wildman–Crippen MR) is 103 cm³/mol. The summed E-state index contributed by atoms with van der Waals surface area (Å²) in [6, 6.07) is 0. The van der Waals surface area contributed by atoms with E-state index in [1.807, 2.05) is 0 Å². The molecule has 0 spiro atoms. The smallest absolute Gasteiger partial charge is 0.0234 e. The molecule has 1 atom stereocenters. The van der Waals surface area contributed by atoms with Gasteiger partial charge in [0, 0.05) is 0 Å². The van der Waals surface area contributed by atoms with Crippen LogP contribution in [0.1, 0.15) is 111 Å². The largest absolute Gasteiger partial charge is 0.100 e. The molecule has 0 aliphatic carbocycles. The summed E-state index contributed by atoms with van der Waals surface area (Å²) in [5, 5.41) is 0. The van der Waals surface area contributed by atoms with Gasteiger partial charge in [-0.3, -0.25) is 0 Å². The van der Waals surface area contributed by atoms with Crippen molar-refractivity contribution in [1.82, 2.24) is 0 Å². The van der Waals surface area contributed by atoms with Gasteiger partial charge in [-0.25, -0.2) is 0 Å². The van der Waals surface area contributed by atoms with Crippen molar-refractivity contribution >= 4 is 0 Å². The summed E-state index contributed by atoms with van der Waals surface area (Å²) in [4.78, 5) is 0. The molecule has 1 unspecified atom stereocenters. The average molecular weight is 307 g/mol. The van der Waals surface area contributed by atoms with Crippen LogP contribution in [0.15, 0.2) is 24.3 Å². The van der Waals surface area contributed by atoms with Gasteiger partial charge in [0.25, 0.3) is 0 Å². The Bertz CT molecular complexity index is 274. The van der Waals surface area contributed by atoms with Crippen LogP contribution >= 0.6 is 0 Å². The van der Waals surface area contributed by atoms with Gasteiger partial charge in [-0.2, -0.15) is 0 Å². The fourth-order valence-electron chi connectivity index (χ4n) is 2.99. The maximum Gasteiger partial charge on any atom is -0.0234 e. The molecule has 130 valence electrons. The standard InChI is InChI=1S/C22H42/c1-6-7-8-9-12-15-18-21(4)22(5)19-16-13-10-11-14-17-20(2)3/h22H,2,4,6-19H2,1,3,5H3. The summed E-state index contributed by atoms with van der Waals surface area (Å²) < 4.78 is 0. The number of hydrogen-bond donors (Lipinski definition) is 0. The highest BCUT2D eigenvalue weighted by Crippen LogP contribution is 2.22. The first-order chi connectivity index (χ1) is 10.6. The van der Waals surface area contributed by atoms with Crippen molar-refractivity contribution in [1.29, 1.82) is 0 Å². The van der Waals surface area contributed by atoms with Gasteiger partial charge in [-0.05, 0) is 44.9 Å². The van der Waals surface area contributed by atoms with E-state index in [0.29, 0.717) is 0 Å². The molecule has 0 aliphatic heterocycles. The topological polar surface area (TPSA) is 0 Å². The lowest BCUT2D eigenvalue weighted by Gasteiger charge is -2.14. The molecule has 0 fully saturated rings. The van der Waals surface area contributed by atoms with Gasteiger partial charge in [-0.1, -0.05) is 89.4 Å². The van der Waals surface area contributed by atoms with Crippen molar-refractivity contribution in [2.24, 2.45) is 5.92 Å². The normalized spacial score (nSPS) is 12.3. The first-order valence-corrected chi connectivity index (χ1v) is 9.90. The molecule has 0 aromatic rings. The van der Waals surface area contributed by atoms with Gasteiger partial charge in [-0.15, -0.1) is 6.58 Å². The van der Waals surface area contributed by atoms with Crippen LogP contribution in [0.3, 0.4) is 0 Å². The quantitative estimate of drug-likeness (QED) is 0.199. The fourth-order valence-corrected chi connectivity index (χ4v) is 2.99. The van der Waals surface area contributed by atoms with E-state index in [0.717, 1.165) is 5.92 Å². The maximum absolute atomic E-state index is 4.33. The summed E-state index contributed by atoms with van der Waals surface area (Å²) in [7, 11) is 0. The van der Waals surface area contributed by atoms with Crippen LogP contribution in [0.2, 0.25) is 0 Å². The molecule has 0 nitrogen and oxygen atoms in total. The Morgan fingerprint density at radius 3 is 1.82 bits per heavy atom. The van der Waals surface area contributed by atoms with Crippen molar-refractivity contribution < 1.29 is 0 Å². The van der Waals surface area contributed by atoms with Crippen molar-refractivity contribution in [3.8, 4) is 0 Å². The molecule has 0 bridgehead atoms. The average Bonchev–Trinajstić information content (AvgIpc) is 2.49. The Labute approximate surface area is 141 Å². The van der Waals surface area contributed by atoms with Crippen LogP contribution in [-0.2, 0) is 0 Å². The van der Waals surface area contributed by atoms with Gasteiger partial charge >= 0.3 is 0 Å². The molecule has 0 aliphatic rings. The molecule has 0 radical (unpaired) electrons. The molecular weight excluding hydrogens is 264 g/mol. The van der Waals surface area contributed by atoms with Crippen molar-refractivity contribution in [3.63, 3.8) is 0 Å². The summed E-state index contributed by atoms with van der Waals surface area (Å²) in [6.45, 7) is 15.1. The number of allylic oxidation sites excluding steroid dienone is 2. The second-order valence-corrected chi connectivity index (χ2v) is 7.34. The second-order valence-electron chi connectivity index (χ2n) is 7.34. The minimum absolute atomic E-state index is 0.728. The second kappa shape index (κ2) is 15.4. The van der Waals surface area contributed by atoms with E-state index in [1.54, 1.807) is 0 Å². The maximum atomic E-state index is 4.33. The molecule has 0 heteroatoms. The van der Waals surface area contributed by atoms with E-state index in [4.69, 9.17) is 0 Å². The van der Waals surface area contributed by atoms with E-state index in [9.17, 15) is 0 Å². The van der Waals surface area contributed by atoms with Crippen molar-refractivity contribution in [2.45, 2.75) is 111 Å². The Balaban J connectivity index is 3.40. The van der Waals surface area contributed by atoms with E-state index in [2.05, 4.69) is 33.9 Å². The minimum atomic E-state index is 0.728. The molecule has 0 aromatic heterocycles. The van der Waals surface area contributed by atoms with Crippen molar-refractivity contribution in [2.75, 3.05) is 0 Å². The summed E-state index contributed by atoms with van der Waals surface area (Å²) in [5.74, 6) is 0.728. The first-order valence-electron chi connectivity index (χ1n) is 9.90. The van der Waals surface area contributed by atoms with Crippen LogP contribution in [0, 0.1) is 5.92 Å². The van der Waals surface area contributed by atoms with Gasteiger partial charge in [0.15, 0.2) is 0 Å². The van der Waals surface area contributed by atoms with Crippen LogP contribution in [0.25, 0.3) is 0 Å². The predicted octanol–water partition coefficient (Wildman–Crippen LogP) is 8.24. The highest BCUT2D eigenvalue weighted by Gasteiger charge is 2.06. The third-order valence-electron chi connectivity index (χ3n) is 4.79. The molecule has 0 aromatic carbocycles. The lowest BCUT2D eigenvalue weighted by atomic mass is 9.92. The van der Waals surface area contributed by atoms with Gasteiger partial charge < -0.3 is 0 Å². The lowest BCUT2D eigenvalue weighted by molar-refractivity contribution is 0.511. The highest BCUT2D eigenvalue weighted by molar-refractivity contribution is 4.98. The zero-order valence-corrected chi connectivity index (χ0v) is 15.9. The van der Waals surface area contributed by atoms with Crippen molar-refractivity contribution in [3.05, 3.63) is 24.3 Å². The number of hydrogen-bond acceptors (Lipinski definition) is 0. The zero-order chi connectivity index (χ0) is 16.6. The Hall–Kier alpha value is -0.520. The Morgan fingerprint density at radius 2 is 1.23 bits per heavy atom. The molecule has 22 heavy (non-hydrogen) atoms. The van der Waals surface area contributed by atoms with E-state index >= 15 is 0 Å². The van der Waals surface area contributed by atoms with Crippen LogP contribution < -0.4 is 0 Å². The van der Waals surface area contributed by atoms with Gasteiger partial charge in [0.05, 0.1) is 0 Å². The Morgan fingerprint density at radius 1 is 0.727 bits per heavy atom. The van der Waals surface area contributed by atoms with E-state index in [-0.39, 0.29) is 0 Å². The van der Waals surface area contributed by atoms with Crippen LogP contribution in [0.5, 0.6) is 0 Å². The summed E-state index contributed by atoms with van der Waals surface area (Å²) in [5.41, 5.74) is 2.83.